The zero-order valence-corrected chi connectivity index (χ0v) is 18.9. The van der Waals surface area contributed by atoms with Crippen LogP contribution in [0.2, 0.25) is 0 Å². The molecule has 0 amide bonds. The van der Waals surface area contributed by atoms with Crippen LogP contribution in [0, 0.1) is 0 Å². The van der Waals surface area contributed by atoms with Gasteiger partial charge in [-0.2, -0.15) is 0 Å². The van der Waals surface area contributed by atoms with Crippen LogP contribution in [0.25, 0.3) is 0 Å². The van der Waals surface area contributed by atoms with Gasteiger partial charge in [0.05, 0.1) is 0 Å². The fraction of sp³-hybridized carbons (Fsp3) is 0.500. The molecule has 0 aliphatic carbocycles. The van der Waals surface area contributed by atoms with Crippen LogP contribution < -0.4 is 0 Å². The van der Waals surface area contributed by atoms with E-state index in [-0.39, 0.29) is 15.8 Å². The van der Waals surface area contributed by atoms with Crippen molar-refractivity contribution in [3.05, 3.63) is 70.8 Å². The Hall–Kier alpha value is -0.700. The van der Waals surface area contributed by atoms with Crippen molar-refractivity contribution in [1.29, 1.82) is 0 Å². The van der Waals surface area contributed by atoms with Crippen LogP contribution in [0.4, 0.5) is 0 Å². The zero-order valence-electron chi connectivity index (χ0n) is 17.1. The van der Waals surface area contributed by atoms with Crippen molar-refractivity contribution < 1.29 is 0 Å². The molecule has 2 aromatic carbocycles. The highest BCUT2D eigenvalue weighted by molar-refractivity contribution is 7.63. The Bertz CT molecular complexity index is 740. The topological polar surface area (TPSA) is 0 Å². The molecule has 2 heteroatoms. The van der Waals surface area contributed by atoms with Gasteiger partial charge in [0.15, 0.2) is 0 Å². The van der Waals surface area contributed by atoms with Crippen LogP contribution in [0.15, 0.2) is 48.5 Å². The monoisotopic (exact) mass is 382 g/mol. The number of hydrogen-bond acceptors (Lipinski definition) is 0. The van der Waals surface area contributed by atoms with Crippen LogP contribution in [-0.4, -0.2) is 10.3 Å². The lowest BCUT2D eigenvalue weighted by atomic mass is 9.98. The SMILES string of the molecule is CC(C)(C)[P@]1Cc2ccccc2C1[C@@H]1c2ccccc2C[P@@]1C(C)(C)C. The van der Waals surface area contributed by atoms with Gasteiger partial charge in [0.2, 0.25) is 0 Å². The van der Waals surface area contributed by atoms with Crippen LogP contribution in [0.5, 0.6) is 0 Å². The Morgan fingerprint density at radius 3 is 1.31 bits per heavy atom. The highest BCUT2D eigenvalue weighted by Gasteiger charge is 2.50. The summed E-state index contributed by atoms with van der Waals surface area (Å²) in [5.74, 6) is 0. The van der Waals surface area contributed by atoms with Gasteiger partial charge >= 0.3 is 0 Å². The molecule has 0 nitrogen and oxygen atoms in total. The van der Waals surface area contributed by atoms with Gasteiger partial charge in [0.1, 0.15) is 0 Å². The lowest BCUT2D eigenvalue weighted by molar-refractivity contribution is 0.736. The molecule has 2 aliphatic heterocycles. The summed E-state index contributed by atoms with van der Waals surface area (Å²) in [6, 6.07) is 18.7. The highest BCUT2D eigenvalue weighted by atomic mass is 31.1. The first-order chi connectivity index (χ1) is 12.2. The fourth-order valence-electron chi connectivity index (χ4n) is 4.82. The van der Waals surface area contributed by atoms with E-state index in [1.807, 2.05) is 0 Å². The van der Waals surface area contributed by atoms with E-state index in [2.05, 4.69) is 90.1 Å². The predicted molar refractivity (Wildman–Crippen MR) is 119 cm³/mol. The van der Waals surface area contributed by atoms with E-state index in [0.29, 0.717) is 10.3 Å². The maximum absolute atomic E-state index is 2.48. The van der Waals surface area contributed by atoms with Crippen molar-refractivity contribution in [2.45, 2.75) is 75.5 Å². The first-order valence-corrected chi connectivity index (χ1v) is 13.1. The molecular formula is C24H32P2. The van der Waals surface area contributed by atoms with Gasteiger partial charge in [0.25, 0.3) is 0 Å². The van der Waals surface area contributed by atoms with Gasteiger partial charge in [0, 0.05) is 11.3 Å². The minimum Gasteiger partial charge on any atom is -0.0880 e. The zero-order chi connectivity index (χ0) is 18.7. The summed E-state index contributed by atoms with van der Waals surface area (Å²) >= 11 is 0. The van der Waals surface area contributed by atoms with Gasteiger partial charge in [-0.3, -0.25) is 0 Å². The van der Waals surface area contributed by atoms with Gasteiger partial charge in [-0.15, -0.1) is 0 Å². The summed E-state index contributed by atoms with van der Waals surface area (Å²) in [4.78, 5) is 0. The molecule has 2 aliphatic rings. The lowest BCUT2D eigenvalue weighted by Crippen LogP contribution is -2.20. The second-order valence-electron chi connectivity index (χ2n) is 9.88. The van der Waals surface area contributed by atoms with E-state index in [1.54, 1.807) is 22.3 Å². The third kappa shape index (κ3) is 3.08. The summed E-state index contributed by atoms with van der Waals surface area (Å²) in [6.07, 6.45) is 2.62. The molecule has 0 saturated carbocycles. The largest absolute Gasteiger partial charge is 0.0880 e. The predicted octanol–water partition coefficient (Wildman–Crippen LogP) is 8.06. The molecular weight excluding hydrogens is 350 g/mol. The van der Waals surface area contributed by atoms with Crippen molar-refractivity contribution in [3.8, 4) is 0 Å². The normalized spacial score (nSPS) is 28.1. The number of fused-ring (bicyclic) bond motifs is 2. The average Bonchev–Trinajstić information content (AvgIpc) is 3.12. The van der Waals surface area contributed by atoms with E-state index >= 15 is 0 Å². The molecule has 0 bridgehead atoms. The van der Waals surface area contributed by atoms with Gasteiger partial charge < -0.3 is 0 Å². The maximum Gasteiger partial charge on any atom is 0.0161 e. The molecule has 0 fully saturated rings. The fourth-order valence-corrected chi connectivity index (χ4v) is 12.3. The molecule has 138 valence electrons. The van der Waals surface area contributed by atoms with Crippen LogP contribution in [-0.2, 0) is 12.3 Å². The second kappa shape index (κ2) is 6.43. The Morgan fingerprint density at radius 2 is 0.962 bits per heavy atom. The quantitative estimate of drug-likeness (QED) is 0.438. The van der Waals surface area contributed by atoms with E-state index in [1.165, 1.54) is 12.3 Å². The van der Waals surface area contributed by atoms with E-state index < -0.39 is 0 Å². The highest BCUT2D eigenvalue weighted by Crippen LogP contribution is 2.80. The van der Waals surface area contributed by atoms with Gasteiger partial charge in [-0.05, 0) is 44.9 Å². The third-order valence-corrected chi connectivity index (χ3v) is 13.7. The van der Waals surface area contributed by atoms with E-state index in [4.69, 9.17) is 0 Å². The molecule has 2 aromatic rings. The summed E-state index contributed by atoms with van der Waals surface area (Å²) in [7, 11) is -0.139. The van der Waals surface area contributed by atoms with E-state index in [9.17, 15) is 0 Å². The first-order valence-electron chi connectivity index (χ1n) is 9.87. The summed E-state index contributed by atoms with van der Waals surface area (Å²) in [5.41, 5.74) is 8.07. The van der Waals surface area contributed by atoms with Crippen molar-refractivity contribution in [1.82, 2.24) is 0 Å². The molecule has 2 heterocycles. The van der Waals surface area contributed by atoms with Crippen molar-refractivity contribution >= 4 is 15.8 Å². The van der Waals surface area contributed by atoms with Crippen LogP contribution in [0.3, 0.4) is 0 Å². The van der Waals surface area contributed by atoms with E-state index in [0.717, 1.165) is 11.3 Å². The molecule has 0 N–H and O–H groups in total. The van der Waals surface area contributed by atoms with Crippen molar-refractivity contribution in [3.63, 3.8) is 0 Å². The summed E-state index contributed by atoms with van der Waals surface area (Å²) in [6.45, 7) is 14.9. The summed E-state index contributed by atoms with van der Waals surface area (Å²) in [5, 5.41) is 0.797. The molecule has 4 atom stereocenters. The number of rotatable bonds is 1. The molecule has 0 saturated heterocycles. The van der Waals surface area contributed by atoms with Crippen molar-refractivity contribution in [2.75, 3.05) is 0 Å². The molecule has 0 spiro atoms. The molecule has 0 radical (unpaired) electrons. The number of hydrogen-bond donors (Lipinski definition) is 0. The Labute approximate surface area is 162 Å². The number of benzene rings is 2. The molecule has 1 unspecified atom stereocenters. The average molecular weight is 382 g/mol. The Kier molecular flexibility index (Phi) is 4.61. The van der Waals surface area contributed by atoms with Crippen LogP contribution in [0.1, 0.15) is 75.1 Å². The first kappa shape index (κ1) is 18.7. The minimum atomic E-state index is -0.0695. The van der Waals surface area contributed by atoms with Crippen LogP contribution >= 0.6 is 15.8 Å². The summed E-state index contributed by atoms with van der Waals surface area (Å²) < 4.78 is 0. The molecule has 26 heavy (non-hydrogen) atoms. The Morgan fingerprint density at radius 1 is 0.615 bits per heavy atom. The van der Waals surface area contributed by atoms with Crippen molar-refractivity contribution in [2.24, 2.45) is 0 Å². The van der Waals surface area contributed by atoms with Gasteiger partial charge in [-0.25, -0.2) is 0 Å². The Balaban J connectivity index is 1.89. The molecule has 0 aromatic heterocycles. The lowest BCUT2D eigenvalue weighted by Gasteiger charge is -2.42. The molecule has 4 rings (SSSR count). The smallest absolute Gasteiger partial charge is 0.0161 e. The third-order valence-electron chi connectivity index (χ3n) is 6.12. The standard InChI is InChI=1S/C24H32P2/c1-23(2,3)25-15-17-11-7-9-13-19(17)21(25)22-20-14-10-8-12-18(20)16-26(22)24(4,5)6/h7-14,21-22H,15-16H2,1-6H3/t21-,22?,25+,26+/m0/s1. The minimum absolute atomic E-state index is 0.0695. The second-order valence-corrected chi connectivity index (χ2v) is 16.2. The maximum atomic E-state index is 2.48. The van der Waals surface area contributed by atoms with Gasteiger partial charge in [-0.1, -0.05) is 106 Å².